The van der Waals surface area contributed by atoms with Crippen LogP contribution in [0.1, 0.15) is 13.3 Å². The van der Waals surface area contributed by atoms with Crippen LogP contribution in [-0.4, -0.2) is 18.4 Å². The molecule has 0 unspecified atom stereocenters. The van der Waals surface area contributed by atoms with Crippen LogP contribution in [0.15, 0.2) is 11.1 Å². The summed E-state index contributed by atoms with van der Waals surface area (Å²) in [5.74, 6) is 0. The Labute approximate surface area is 76.0 Å². The van der Waals surface area contributed by atoms with Crippen LogP contribution in [0.2, 0.25) is 0 Å². The largest absolute Gasteiger partial charge is 0.313 e. The highest BCUT2D eigenvalue weighted by atomic mass is 79.9. The first-order valence-corrected chi connectivity index (χ1v) is 4.89. The summed E-state index contributed by atoms with van der Waals surface area (Å²) in [4.78, 5) is 0. The Morgan fingerprint density at radius 3 is 2.90 bits per heavy atom. The molecule has 60 valence electrons. The van der Waals surface area contributed by atoms with Crippen molar-refractivity contribution >= 4 is 27.5 Å². The molecule has 0 atom stereocenters. The van der Waals surface area contributed by atoms with E-state index >= 15 is 0 Å². The van der Waals surface area contributed by atoms with Crippen molar-refractivity contribution in [2.24, 2.45) is 0 Å². The minimum absolute atomic E-state index is 0.899. The van der Waals surface area contributed by atoms with Gasteiger partial charge in [0, 0.05) is 17.4 Å². The maximum atomic E-state index is 5.45. The van der Waals surface area contributed by atoms with Crippen LogP contribution in [0.4, 0.5) is 0 Å². The van der Waals surface area contributed by atoms with Gasteiger partial charge in [0.1, 0.15) is 0 Å². The van der Waals surface area contributed by atoms with Gasteiger partial charge in [-0.25, -0.2) is 0 Å². The molecular weight excluding hydrogens is 213 g/mol. The minimum Gasteiger partial charge on any atom is -0.313 e. The number of halogens is 2. The molecular formula is C7H13BrClN. The van der Waals surface area contributed by atoms with E-state index in [0.717, 1.165) is 24.8 Å². The first-order chi connectivity index (χ1) is 4.81. The van der Waals surface area contributed by atoms with Gasteiger partial charge >= 0.3 is 0 Å². The van der Waals surface area contributed by atoms with Crippen LogP contribution in [0.25, 0.3) is 0 Å². The minimum atomic E-state index is 0.899. The van der Waals surface area contributed by atoms with Gasteiger partial charge in [-0.15, -0.1) is 0 Å². The second kappa shape index (κ2) is 7.58. The van der Waals surface area contributed by atoms with Gasteiger partial charge < -0.3 is 5.32 Å². The van der Waals surface area contributed by atoms with Crippen LogP contribution >= 0.6 is 27.5 Å². The third-order valence-corrected chi connectivity index (χ3v) is 2.01. The first-order valence-electron chi connectivity index (χ1n) is 3.33. The van der Waals surface area contributed by atoms with E-state index in [1.165, 1.54) is 5.57 Å². The Bertz CT molecular complexity index is 104. The van der Waals surface area contributed by atoms with Crippen molar-refractivity contribution in [3.63, 3.8) is 0 Å². The van der Waals surface area contributed by atoms with Gasteiger partial charge in [-0.2, -0.15) is 0 Å². The first kappa shape index (κ1) is 10.5. The summed E-state index contributed by atoms with van der Waals surface area (Å²) in [7, 11) is 0. The monoisotopic (exact) mass is 225 g/mol. The van der Waals surface area contributed by atoms with E-state index in [4.69, 9.17) is 11.6 Å². The molecule has 0 aliphatic rings. The van der Waals surface area contributed by atoms with Crippen LogP contribution < -0.4 is 5.32 Å². The molecule has 1 N–H and O–H groups in total. The molecule has 0 aliphatic carbocycles. The second-order valence-corrected chi connectivity index (χ2v) is 3.19. The molecule has 0 radical (unpaired) electrons. The highest BCUT2D eigenvalue weighted by Gasteiger charge is 1.87. The van der Waals surface area contributed by atoms with Crippen molar-refractivity contribution in [3.8, 4) is 0 Å². The van der Waals surface area contributed by atoms with E-state index in [9.17, 15) is 0 Å². The summed E-state index contributed by atoms with van der Waals surface area (Å²) < 4.78 is 0. The molecule has 3 heteroatoms. The molecule has 0 amide bonds. The molecule has 1 nitrogen and oxygen atoms in total. The van der Waals surface area contributed by atoms with Crippen molar-refractivity contribution < 1.29 is 0 Å². The fraction of sp³-hybridized carbons (Fsp3) is 0.714. The molecule has 0 fully saturated rings. The summed E-state index contributed by atoms with van der Waals surface area (Å²) in [5, 5.41) is 4.31. The number of hydrogen-bond acceptors (Lipinski definition) is 1. The quantitative estimate of drug-likeness (QED) is 0.561. The molecule has 0 rings (SSSR count). The Balaban J connectivity index is 3.04. The van der Waals surface area contributed by atoms with E-state index in [1.807, 2.05) is 6.92 Å². The lowest BCUT2D eigenvalue weighted by atomic mass is 10.3. The molecule has 0 spiro atoms. The lowest BCUT2D eigenvalue weighted by Crippen LogP contribution is -2.17. The Morgan fingerprint density at radius 1 is 1.70 bits per heavy atom. The highest BCUT2D eigenvalue weighted by Crippen LogP contribution is 1.92. The van der Waals surface area contributed by atoms with Gasteiger partial charge in [-0.3, -0.25) is 0 Å². The summed E-state index contributed by atoms with van der Waals surface area (Å²) in [6.45, 7) is 3.96. The molecule has 10 heavy (non-hydrogen) atoms. The predicted octanol–water partition coefficient (Wildman–Crippen LogP) is 2.50. The van der Waals surface area contributed by atoms with E-state index in [0.29, 0.717) is 0 Å². The van der Waals surface area contributed by atoms with Gasteiger partial charge in [0.05, 0.1) is 0 Å². The summed E-state index contributed by atoms with van der Waals surface area (Å²) in [6, 6.07) is 0. The number of alkyl halides is 1. The molecule has 0 aromatic carbocycles. The molecule has 0 bridgehead atoms. The number of rotatable bonds is 5. The van der Waals surface area contributed by atoms with Crippen LogP contribution in [0.5, 0.6) is 0 Å². The van der Waals surface area contributed by atoms with E-state index < -0.39 is 0 Å². The average molecular weight is 227 g/mol. The molecule has 0 aromatic rings. The zero-order valence-electron chi connectivity index (χ0n) is 6.16. The van der Waals surface area contributed by atoms with Gasteiger partial charge in [0.2, 0.25) is 0 Å². The third kappa shape index (κ3) is 6.59. The Morgan fingerprint density at radius 2 is 2.40 bits per heavy atom. The zero-order valence-corrected chi connectivity index (χ0v) is 8.50. The maximum absolute atomic E-state index is 5.45. The van der Waals surface area contributed by atoms with Gasteiger partial charge in [-0.1, -0.05) is 27.5 Å². The lowest BCUT2D eigenvalue weighted by molar-refractivity contribution is 0.720. The Hall–Kier alpha value is 0.470. The molecule has 0 aromatic heterocycles. The van der Waals surface area contributed by atoms with E-state index in [-0.39, 0.29) is 0 Å². The molecule has 0 saturated heterocycles. The lowest BCUT2D eigenvalue weighted by Gasteiger charge is -2.01. The van der Waals surface area contributed by atoms with Gasteiger partial charge in [0.25, 0.3) is 0 Å². The van der Waals surface area contributed by atoms with Crippen molar-refractivity contribution in [2.75, 3.05) is 18.4 Å². The third-order valence-electron chi connectivity index (χ3n) is 1.08. The van der Waals surface area contributed by atoms with Crippen molar-refractivity contribution in [3.05, 3.63) is 11.1 Å². The smallest absolute Gasteiger partial charge is 0.0173 e. The molecule has 0 saturated carbocycles. The summed E-state index contributed by atoms with van der Waals surface area (Å²) in [5.41, 5.74) is 2.79. The molecule has 0 heterocycles. The van der Waals surface area contributed by atoms with Crippen LogP contribution in [-0.2, 0) is 0 Å². The zero-order chi connectivity index (χ0) is 7.82. The van der Waals surface area contributed by atoms with E-state index in [1.54, 1.807) is 5.54 Å². The second-order valence-electron chi connectivity index (χ2n) is 2.17. The normalized spacial score (nSPS) is 12.1. The number of nitrogens with one attached hydrogen (secondary N) is 1. The summed E-state index contributed by atoms with van der Waals surface area (Å²) in [6.07, 6.45) is 1.16. The SMILES string of the molecule is CC(=CCl)CNCCCBr. The maximum Gasteiger partial charge on any atom is 0.0173 e. The van der Waals surface area contributed by atoms with Gasteiger partial charge in [0.15, 0.2) is 0 Å². The van der Waals surface area contributed by atoms with E-state index in [2.05, 4.69) is 21.2 Å². The summed E-state index contributed by atoms with van der Waals surface area (Å²) >= 11 is 8.81. The van der Waals surface area contributed by atoms with Crippen molar-refractivity contribution in [2.45, 2.75) is 13.3 Å². The van der Waals surface area contributed by atoms with Crippen molar-refractivity contribution in [1.29, 1.82) is 0 Å². The predicted molar refractivity (Wildman–Crippen MR) is 50.9 cm³/mol. The highest BCUT2D eigenvalue weighted by molar-refractivity contribution is 9.09. The van der Waals surface area contributed by atoms with Crippen molar-refractivity contribution in [1.82, 2.24) is 5.32 Å². The fourth-order valence-corrected chi connectivity index (χ4v) is 0.873. The molecule has 0 aliphatic heterocycles. The number of hydrogen-bond donors (Lipinski definition) is 1. The standard InChI is InChI=1S/C7H13BrClN/c1-7(5-9)6-10-4-2-3-8/h5,10H,2-4,6H2,1H3. The average Bonchev–Trinajstić information content (AvgIpc) is 1.98. The van der Waals surface area contributed by atoms with Gasteiger partial charge in [-0.05, 0) is 25.5 Å². The Kier molecular flexibility index (Phi) is 7.93. The topological polar surface area (TPSA) is 12.0 Å². The van der Waals surface area contributed by atoms with Crippen LogP contribution in [0, 0.1) is 0 Å². The fourth-order valence-electron chi connectivity index (χ4n) is 0.516. The van der Waals surface area contributed by atoms with Crippen LogP contribution in [0.3, 0.4) is 0 Å².